The molecule has 1 atom stereocenters. The van der Waals surface area contributed by atoms with Gasteiger partial charge in [0.25, 0.3) is 5.56 Å². The van der Waals surface area contributed by atoms with Gasteiger partial charge in [-0.1, -0.05) is 12.8 Å². The summed E-state index contributed by atoms with van der Waals surface area (Å²) in [5.41, 5.74) is 7.81. The van der Waals surface area contributed by atoms with Gasteiger partial charge in [-0.3, -0.25) is 4.79 Å². The van der Waals surface area contributed by atoms with Crippen molar-refractivity contribution >= 4 is 0 Å². The van der Waals surface area contributed by atoms with Crippen molar-refractivity contribution in [1.29, 1.82) is 0 Å². The summed E-state index contributed by atoms with van der Waals surface area (Å²) >= 11 is 0. The zero-order valence-corrected chi connectivity index (χ0v) is 8.42. The Hall–Kier alpha value is -1.09. The molecule has 0 amide bonds. The Labute approximate surface area is 83.3 Å². The number of pyridine rings is 1. The van der Waals surface area contributed by atoms with E-state index in [2.05, 4.69) is 4.98 Å². The third kappa shape index (κ3) is 2.04. The third-order valence-electron chi connectivity index (χ3n) is 2.82. The standard InChI is InChI=1S/C11H16N2O/c1-7-4-9(6-13-11(7)14)10(12)5-8-2-3-8/h4,6,8,10H,2-3,5,12H2,1H3,(H,13,14)/t10-/m1/s1. The number of nitrogens with two attached hydrogens (primary N) is 1. The average molecular weight is 192 g/mol. The first kappa shape index (κ1) is 9.46. The number of H-pyrrole nitrogens is 1. The fraction of sp³-hybridized carbons (Fsp3) is 0.545. The minimum Gasteiger partial charge on any atom is -0.329 e. The molecule has 1 aromatic heterocycles. The van der Waals surface area contributed by atoms with Crippen molar-refractivity contribution in [2.24, 2.45) is 11.7 Å². The highest BCUT2D eigenvalue weighted by atomic mass is 16.1. The zero-order valence-electron chi connectivity index (χ0n) is 8.42. The van der Waals surface area contributed by atoms with Gasteiger partial charge < -0.3 is 10.7 Å². The Bertz CT molecular complexity index is 379. The maximum absolute atomic E-state index is 11.1. The van der Waals surface area contributed by atoms with E-state index in [-0.39, 0.29) is 11.6 Å². The van der Waals surface area contributed by atoms with Crippen molar-refractivity contribution in [3.8, 4) is 0 Å². The molecule has 1 aliphatic carbocycles. The number of hydrogen-bond donors (Lipinski definition) is 2. The van der Waals surface area contributed by atoms with Crippen LogP contribution in [0.2, 0.25) is 0 Å². The smallest absolute Gasteiger partial charge is 0.250 e. The van der Waals surface area contributed by atoms with E-state index in [0.29, 0.717) is 0 Å². The second-order valence-corrected chi connectivity index (χ2v) is 4.23. The number of hydrogen-bond acceptors (Lipinski definition) is 2. The van der Waals surface area contributed by atoms with Crippen molar-refractivity contribution < 1.29 is 0 Å². The fourth-order valence-electron chi connectivity index (χ4n) is 1.68. The summed E-state index contributed by atoms with van der Waals surface area (Å²) in [6.07, 6.45) is 5.42. The van der Waals surface area contributed by atoms with E-state index in [1.54, 1.807) is 6.20 Å². The monoisotopic (exact) mass is 192 g/mol. The van der Waals surface area contributed by atoms with Crippen molar-refractivity contribution in [2.45, 2.75) is 32.2 Å². The molecule has 1 heterocycles. The normalized spacial score (nSPS) is 18.1. The summed E-state index contributed by atoms with van der Waals surface area (Å²) in [6.45, 7) is 1.81. The van der Waals surface area contributed by atoms with Crippen LogP contribution in [-0.2, 0) is 0 Å². The van der Waals surface area contributed by atoms with Crippen LogP contribution in [0.1, 0.15) is 36.4 Å². The molecule has 0 saturated heterocycles. The van der Waals surface area contributed by atoms with Crippen LogP contribution in [0.25, 0.3) is 0 Å². The van der Waals surface area contributed by atoms with Crippen LogP contribution in [0.15, 0.2) is 17.1 Å². The lowest BCUT2D eigenvalue weighted by Gasteiger charge is -2.11. The molecule has 76 valence electrons. The largest absolute Gasteiger partial charge is 0.329 e. The Kier molecular flexibility index (Phi) is 2.42. The predicted octanol–water partition coefficient (Wildman–Crippen LogP) is 1.48. The number of aromatic nitrogens is 1. The Morgan fingerprint density at radius 2 is 2.36 bits per heavy atom. The molecule has 0 aromatic carbocycles. The van der Waals surface area contributed by atoms with E-state index < -0.39 is 0 Å². The molecule has 0 aliphatic heterocycles. The maximum atomic E-state index is 11.1. The van der Waals surface area contributed by atoms with E-state index in [1.165, 1.54) is 12.8 Å². The molecular formula is C11H16N2O. The van der Waals surface area contributed by atoms with Crippen LogP contribution >= 0.6 is 0 Å². The average Bonchev–Trinajstić information content (AvgIpc) is 2.93. The molecule has 1 fully saturated rings. The molecule has 2 rings (SSSR count). The van der Waals surface area contributed by atoms with Gasteiger partial charge in [0, 0.05) is 17.8 Å². The van der Waals surface area contributed by atoms with E-state index in [9.17, 15) is 4.79 Å². The molecule has 0 bridgehead atoms. The molecule has 0 unspecified atom stereocenters. The first-order chi connectivity index (χ1) is 6.66. The molecule has 1 saturated carbocycles. The van der Waals surface area contributed by atoms with Crippen LogP contribution < -0.4 is 11.3 Å². The number of rotatable bonds is 3. The molecule has 0 radical (unpaired) electrons. The van der Waals surface area contributed by atoms with E-state index in [1.807, 2.05) is 13.0 Å². The molecule has 14 heavy (non-hydrogen) atoms. The molecule has 1 aromatic rings. The summed E-state index contributed by atoms with van der Waals surface area (Å²) in [7, 11) is 0. The van der Waals surface area contributed by atoms with Crippen molar-refractivity contribution in [3.05, 3.63) is 33.7 Å². The molecule has 3 N–H and O–H groups in total. The zero-order chi connectivity index (χ0) is 10.1. The highest BCUT2D eigenvalue weighted by molar-refractivity contribution is 5.20. The van der Waals surface area contributed by atoms with Crippen LogP contribution in [0, 0.1) is 12.8 Å². The Morgan fingerprint density at radius 1 is 1.64 bits per heavy atom. The van der Waals surface area contributed by atoms with Crippen LogP contribution in [0.5, 0.6) is 0 Å². The number of nitrogens with one attached hydrogen (secondary N) is 1. The first-order valence-electron chi connectivity index (χ1n) is 5.11. The van der Waals surface area contributed by atoms with Crippen molar-refractivity contribution in [1.82, 2.24) is 4.98 Å². The minimum atomic E-state index is -0.0210. The van der Waals surface area contributed by atoms with Crippen molar-refractivity contribution in [2.75, 3.05) is 0 Å². The number of aryl methyl sites for hydroxylation is 1. The SMILES string of the molecule is Cc1cc([C@H](N)CC2CC2)c[nH]c1=O. The second kappa shape index (κ2) is 3.58. The van der Waals surface area contributed by atoms with Crippen LogP contribution in [0.3, 0.4) is 0 Å². The maximum Gasteiger partial charge on any atom is 0.250 e. The minimum absolute atomic E-state index is 0.0210. The van der Waals surface area contributed by atoms with Crippen LogP contribution in [0.4, 0.5) is 0 Å². The van der Waals surface area contributed by atoms with Gasteiger partial charge in [0.15, 0.2) is 0 Å². The van der Waals surface area contributed by atoms with Gasteiger partial charge in [0.1, 0.15) is 0 Å². The quantitative estimate of drug-likeness (QED) is 0.762. The van der Waals surface area contributed by atoms with Gasteiger partial charge in [-0.2, -0.15) is 0 Å². The van der Waals surface area contributed by atoms with Crippen molar-refractivity contribution in [3.63, 3.8) is 0 Å². The van der Waals surface area contributed by atoms with Gasteiger partial charge in [-0.25, -0.2) is 0 Å². The third-order valence-corrected chi connectivity index (χ3v) is 2.82. The first-order valence-corrected chi connectivity index (χ1v) is 5.11. The summed E-state index contributed by atoms with van der Waals surface area (Å²) < 4.78 is 0. The lowest BCUT2D eigenvalue weighted by atomic mass is 10.0. The molecule has 3 heteroatoms. The van der Waals surface area contributed by atoms with Crippen LogP contribution in [-0.4, -0.2) is 4.98 Å². The summed E-state index contributed by atoms with van der Waals surface area (Å²) in [6, 6.07) is 1.98. The van der Waals surface area contributed by atoms with Gasteiger partial charge in [0.2, 0.25) is 0 Å². The highest BCUT2D eigenvalue weighted by Gasteiger charge is 2.24. The fourth-order valence-corrected chi connectivity index (χ4v) is 1.68. The molecule has 3 nitrogen and oxygen atoms in total. The van der Waals surface area contributed by atoms with Gasteiger partial charge in [-0.15, -0.1) is 0 Å². The molecule has 0 spiro atoms. The molecular weight excluding hydrogens is 176 g/mol. The predicted molar refractivity (Wildman–Crippen MR) is 56.1 cm³/mol. The Balaban J connectivity index is 2.13. The Morgan fingerprint density at radius 3 is 2.93 bits per heavy atom. The number of aromatic amines is 1. The summed E-state index contributed by atoms with van der Waals surface area (Å²) in [4.78, 5) is 13.8. The summed E-state index contributed by atoms with van der Waals surface area (Å²) in [5.74, 6) is 0.817. The lowest BCUT2D eigenvalue weighted by molar-refractivity contribution is 0.594. The van der Waals surface area contributed by atoms with E-state index in [0.717, 1.165) is 23.5 Å². The van der Waals surface area contributed by atoms with Gasteiger partial charge >= 0.3 is 0 Å². The van der Waals surface area contributed by atoms with E-state index >= 15 is 0 Å². The topological polar surface area (TPSA) is 58.9 Å². The second-order valence-electron chi connectivity index (χ2n) is 4.23. The van der Waals surface area contributed by atoms with Gasteiger partial charge in [-0.05, 0) is 30.9 Å². The summed E-state index contributed by atoms with van der Waals surface area (Å²) in [5, 5.41) is 0. The highest BCUT2D eigenvalue weighted by Crippen LogP contribution is 2.36. The van der Waals surface area contributed by atoms with Gasteiger partial charge in [0.05, 0.1) is 0 Å². The lowest BCUT2D eigenvalue weighted by Crippen LogP contribution is -2.16. The molecule has 1 aliphatic rings. The van der Waals surface area contributed by atoms with E-state index in [4.69, 9.17) is 5.73 Å².